The number of ketones is 1. The van der Waals surface area contributed by atoms with Gasteiger partial charge < -0.3 is 10.6 Å². The van der Waals surface area contributed by atoms with Crippen molar-refractivity contribution < 1.29 is 14.9 Å². The van der Waals surface area contributed by atoms with Gasteiger partial charge in [0, 0.05) is 22.7 Å². The van der Waals surface area contributed by atoms with Crippen LogP contribution in [0.15, 0.2) is 54.6 Å². The lowest BCUT2D eigenvalue weighted by Gasteiger charge is -2.23. The van der Waals surface area contributed by atoms with Gasteiger partial charge in [-0.25, -0.2) is 0 Å². The summed E-state index contributed by atoms with van der Waals surface area (Å²) in [6, 6.07) is 17.2. The third kappa shape index (κ3) is 5.26. The molecule has 2 aromatic carbocycles. The highest BCUT2D eigenvalue weighted by atomic mass is 16.2. The summed E-state index contributed by atoms with van der Waals surface area (Å²) in [5, 5.41) is 5.03. The summed E-state index contributed by atoms with van der Waals surface area (Å²) in [4.78, 5) is 23.8. The molecule has 0 aliphatic heterocycles. The molecule has 132 valence electrons. The highest BCUT2D eigenvalue weighted by molar-refractivity contribution is 5.96. The first-order chi connectivity index (χ1) is 11.9. The van der Waals surface area contributed by atoms with Gasteiger partial charge in [0.05, 0.1) is 0 Å². The molecule has 0 bridgehead atoms. The van der Waals surface area contributed by atoms with Crippen LogP contribution in [0, 0.1) is 5.92 Å². The molecule has 3 N–H and O–H groups in total. The smallest absolute Gasteiger partial charge is 0.282 e. The maximum Gasteiger partial charge on any atom is 0.282 e. The van der Waals surface area contributed by atoms with Gasteiger partial charge >= 0.3 is 0 Å². The third-order valence-corrected chi connectivity index (χ3v) is 4.37. The van der Waals surface area contributed by atoms with Crippen molar-refractivity contribution >= 4 is 17.4 Å². The van der Waals surface area contributed by atoms with E-state index in [0.29, 0.717) is 17.2 Å². The summed E-state index contributed by atoms with van der Waals surface area (Å²) in [7, 11) is 0. The van der Waals surface area contributed by atoms with E-state index in [4.69, 9.17) is 0 Å². The Morgan fingerprint density at radius 1 is 0.920 bits per heavy atom. The quantitative estimate of drug-likeness (QED) is 0.761. The topological polar surface area (TPSA) is 62.8 Å². The summed E-state index contributed by atoms with van der Waals surface area (Å²) in [6.45, 7) is 7.77. The lowest BCUT2D eigenvalue weighted by Crippen LogP contribution is -2.93. The van der Waals surface area contributed by atoms with Crippen LogP contribution < -0.4 is 10.6 Å². The number of amides is 1. The molecule has 2 aromatic rings. The van der Waals surface area contributed by atoms with E-state index in [1.165, 1.54) is 12.5 Å². The normalized spacial score (nSPS) is 13.3. The minimum atomic E-state index is -0.222. The van der Waals surface area contributed by atoms with Gasteiger partial charge in [0.25, 0.3) is 5.91 Å². The fraction of sp³-hybridized carbons (Fsp3) is 0.333. The Labute approximate surface area is 149 Å². The summed E-state index contributed by atoms with van der Waals surface area (Å²) >= 11 is 0. The van der Waals surface area contributed by atoms with Crippen LogP contribution in [0.1, 0.15) is 49.7 Å². The minimum absolute atomic E-state index is 0.0159. The van der Waals surface area contributed by atoms with Crippen molar-refractivity contribution in [2.24, 2.45) is 5.92 Å². The van der Waals surface area contributed by atoms with Gasteiger partial charge in [-0.15, -0.1) is 0 Å². The van der Waals surface area contributed by atoms with Gasteiger partial charge in [-0.2, -0.15) is 0 Å². The zero-order chi connectivity index (χ0) is 18.4. The minimum Gasteiger partial charge on any atom is -0.330 e. The maximum atomic E-state index is 12.5. The SMILES string of the molecule is CC(=O)c1ccc(NC(=O)[C@@H](C)[NH2+][C@@H](c2ccccc2)C(C)C)cc1. The van der Waals surface area contributed by atoms with E-state index in [1.807, 2.05) is 25.1 Å². The third-order valence-electron chi connectivity index (χ3n) is 4.37. The number of hydrogen-bond donors (Lipinski definition) is 2. The second kappa shape index (κ2) is 8.58. The van der Waals surface area contributed by atoms with Crippen LogP contribution in [0.25, 0.3) is 0 Å². The Balaban J connectivity index is 2.02. The molecule has 1 amide bonds. The summed E-state index contributed by atoms with van der Waals surface area (Å²) in [5.74, 6) is 0.381. The zero-order valence-corrected chi connectivity index (χ0v) is 15.3. The molecule has 0 unspecified atom stereocenters. The van der Waals surface area contributed by atoms with Gasteiger partial charge in [-0.3, -0.25) is 9.59 Å². The predicted octanol–water partition coefficient (Wildman–Crippen LogP) is 3.18. The first-order valence-electron chi connectivity index (χ1n) is 8.70. The fourth-order valence-electron chi connectivity index (χ4n) is 2.84. The molecule has 4 nitrogen and oxygen atoms in total. The van der Waals surface area contributed by atoms with Crippen LogP contribution in [0.5, 0.6) is 0 Å². The first kappa shape index (κ1) is 18.9. The zero-order valence-electron chi connectivity index (χ0n) is 15.3. The van der Waals surface area contributed by atoms with Crippen molar-refractivity contribution in [1.29, 1.82) is 0 Å². The number of carbonyl (C=O) groups is 2. The largest absolute Gasteiger partial charge is 0.330 e. The second-order valence-electron chi connectivity index (χ2n) is 6.78. The number of benzene rings is 2. The van der Waals surface area contributed by atoms with Crippen molar-refractivity contribution in [3.05, 3.63) is 65.7 Å². The Hall–Kier alpha value is -2.46. The molecule has 0 saturated carbocycles. The molecule has 0 aliphatic rings. The molecule has 0 radical (unpaired) electrons. The molecule has 0 aromatic heterocycles. The fourth-order valence-corrected chi connectivity index (χ4v) is 2.84. The molecule has 0 spiro atoms. The van der Waals surface area contributed by atoms with E-state index in [0.717, 1.165) is 0 Å². The molecule has 0 saturated heterocycles. The van der Waals surface area contributed by atoms with Gasteiger partial charge in [-0.1, -0.05) is 44.2 Å². The van der Waals surface area contributed by atoms with Crippen molar-refractivity contribution in [3.8, 4) is 0 Å². The lowest BCUT2D eigenvalue weighted by atomic mass is 9.95. The highest BCUT2D eigenvalue weighted by Gasteiger charge is 2.25. The molecule has 0 aliphatic carbocycles. The van der Waals surface area contributed by atoms with Crippen LogP contribution >= 0.6 is 0 Å². The Kier molecular flexibility index (Phi) is 6.48. The average molecular weight is 339 g/mol. The van der Waals surface area contributed by atoms with E-state index in [2.05, 4.69) is 36.6 Å². The number of nitrogens with two attached hydrogens (primary N) is 1. The van der Waals surface area contributed by atoms with E-state index in [9.17, 15) is 9.59 Å². The Bertz CT molecular complexity index is 708. The van der Waals surface area contributed by atoms with Crippen LogP contribution in [0.3, 0.4) is 0 Å². The van der Waals surface area contributed by atoms with Crippen LogP contribution in [-0.2, 0) is 4.79 Å². The maximum absolute atomic E-state index is 12.5. The number of Topliss-reactive ketones (excluding diaryl/α,β-unsaturated/α-hetero) is 1. The molecular weight excluding hydrogens is 312 g/mol. The average Bonchev–Trinajstić information content (AvgIpc) is 2.60. The molecule has 0 heterocycles. The number of quaternary nitrogens is 1. The summed E-state index contributed by atoms with van der Waals surface area (Å²) in [5.41, 5.74) is 2.57. The van der Waals surface area contributed by atoms with Gasteiger partial charge in [-0.05, 0) is 38.1 Å². The molecule has 2 atom stereocenters. The van der Waals surface area contributed by atoms with Crippen LogP contribution in [0.4, 0.5) is 5.69 Å². The number of anilines is 1. The summed E-state index contributed by atoms with van der Waals surface area (Å²) in [6.07, 6.45) is 0. The van der Waals surface area contributed by atoms with Crippen LogP contribution in [0.2, 0.25) is 0 Å². The number of carbonyl (C=O) groups excluding carboxylic acids is 2. The van der Waals surface area contributed by atoms with Gasteiger partial charge in [0.15, 0.2) is 11.8 Å². The lowest BCUT2D eigenvalue weighted by molar-refractivity contribution is -0.718. The number of rotatable bonds is 7. The van der Waals surface area contributed by atoms with E-state index < -0.39 is 0 Å². The molecule has 25 heavy (non-hydrogen) atoms. The monoisotopic (exact) mass is 339 g/mol. The first-order valence-corrected chi connectivity index (χ1v) is 8.70. The number of nitrogens with one attached hydrogen (secondary N) is 1. The number of hydrogen-bond acceptors (Lipinski definition) is 2. The van der Waals surface area contributed by atoms with Crippen molar-refractivity contribution in [2.45, 2.75) is 39.8 Å². The van der Waals surface area contributed by atoms with E-state index in [-0.39, 0.29) is 23.8 Å². The van der Waals surface area contributed by atoms with Crippen molar-refractivity contribution in [2.75, 3.05) is 5.32 Å². The molecular formula is C21H27N2O2+. The highest BCUT2D eigenvalue weighted by Crippen LogP contribution is 2.17. The van der Waals surface area contributed by atoms with Gasteiger partial charge in [0.1, 0.15) is 6.04 Å². The summed E-state index contributed by atoms with van der Waals surface area (Å²) < 4.78 is 0. The van der Waals surface area contributed by atoms with Gasteiger partial charge in [0.2, 0.25) is 0 Å². The predicted molar refractivity (Wildman–Crippen MR) is 100 cm³/mol. The van der Waals surface area contributed by atoms with E-state index >= 15 is 0 Å². The van der Waals surface area contributed by atoms with Crippen LogP contribution in [-0.4, -0.2) is 17.7 Å². The van der Waals surface area contributed by atoms with Crippen molar-refractivity contribution in [1.82, 2.24) is 0 Å². The Morgan fingerprint density at radius 2 is 1.52 bits per heavy atom. The second-order valence-corrected chi connectivity index (χ2v) is 6.78. The molecule has 4 heteroatoms. The molecule has 2 rings (SSSR count). The molecule has 0 fully saturated rings. The van der Waals surface area contributed by atoms with E-state index in [1.54, 1.807) is 24.3 Å². The Morgan fingerprint density at radius 3 is 2.04 bits per heavy atom. The van der Waals surface area contributed by atoms with Crippen molar-refractivity contribution in [3.63, 3.8) is 0 Å². The standard InChI is InChI=1S/C21H26N2O2/c1-14(2)20(18-8-6-5-7-9-18)22-15(3)21(25)23-19-12-10-17(11-13-19)16(4)24/h5-15,20,22H,1-4H3,(H,23,25)/p+1/t15-,20-/m1/s1.